The lowest BCUT2D eigenvalue weighted by molar-refractivity contribution is -0.143. The van der Waals surface area contributed by atoms with Gasteiger partial charge in [0.05, 0.1) is 13.0 Å². The molecule has 1 N–H and O–H groups in total. The van der Waals surface area contributed by atoms with Gasteiger partial charge in [0.1, 0.15) is 0 Å². The highest BCUT2D eigenvalue weighted by atomic mass is 16.5. The average Bonchev–Trinajstić information content (AvgIpc) is 2.06. The van der Waals surface area contributed by atoms with Crippen molar-refractivity contribution in [3.8, 4) is 0 Å². The zero-order valence-corrected chi connectivity index (χ0v) is 7.34. The van der Waals surface area contributed by atoms with Crippen molar-refractivity contribution < 1.29 is 14.3 Å². The van der Waals surface area contributed by atoms with Crippen LogP contribution in [0, 0.1) is 0 Å². The van der Waals surface area contributed by atoms with Crippen molar-refractivity contribution >= 4 is 12.4 Å². The summed E-state index contributed by atoms with van der Waals surface area (Å²) < 4.78 is 4.83. The van der Waals surface area contributed by atoms with E-state index in [0.29, 0.717) is 19.6 Å². The Hall–Kier alpha value is -1.06. The third-order valence-corrected chi connectivity index (χ3v) is 1.32. The second-order valence-corrected chi connectivity index (χ2v) is 2.40. The SMILES string of the molecule is CCCCOC(=O)CCNC=O. The smallest absolute Gasteiger partial charge is 0.307 e. The minimum absolute atomic E-state index is 0.252. The van der Waals surface area contributed by atoms with Gasteiger partial charge in [0.15, 0.2) is 0 Å². The number of nitrogens with one attached hydrogen (secondary N) is 1. The van der Waals surface area contributed by atoms with Crippen LogP contribution in [0.25, 0.3) is 0 Å². The van der Waals surface area contributed by atoms with Crippen molar-refractivity contribution in [2.24, 2.45) is 0 Å². The number of ether oxygens (including phenoxy) is 1. The Balaban J connectivity index is 3.15. The van der Waals surface area contributed by atoms with Gasteiger partial charge in [0, 0.05) is 6.54 Å². The molecule has 0 rings (SSSR count). The first-order chi connectivity index (χ1) is 5.81. The van der Waals surface area contributed by atoms with Gasteiger partial charge in [-0.05, 0) is 6.42 Å². The van der Waals surface area contributed by atoms with Gasteiger partial charge in [-0.1, -0.05) is 13.3 Å². The van der Waals surface area contributed by atoms with Crippen molar-refractivity contribution in [3.63, 3.8) is 0 Å². The molecule has 12 heavy (non-hydrogen) atoms. The molecule has 4 nitrogen and oxygen atoms in total. The summed E-state index contributed by atoms with van der Waals surface area (Å²) in [5.74, 6) is -0.252. The van der Waals surface area contributed by atoms with Gasteiger partial charge >= 0.3 is 5.97 Å². The molecule has 70 valence electrons. The highest BCUT2D eigenvalue weighted by molar-refractivity contribution is 5.69. The Kier molecular flexibility index (Phi) is 7.33. The molecule has 0 aromatic heterocycles. The summed E-state index contributed by atoms with van der Waals surface area (Å²) in [7, 11) is 0. The molecule has 0 bridgehead atoms. The van der Waals surface area contributed by atoms with Gasteiger partial charge < -0.3 is 10.1 Å². The summed E-state index contributed by atoms with van der Waals surface area (Å²) in [4.78, 5) is 20.6. The van der Waals surface area contributed by atoms with Crippen LogP contribution in [0.3, 0.4) is 0 Å². The Morgan fingerprint density at radius 2 is 2.33 bits per heavy atom. The first-order valence-corrected chi connectivity index (χ1v) is 4.14. The molecule has 0 atom stereocenters. The van der Waals surface area contributed by atoms with Crippen LogP contribution in [-0.4, -0.2) is 25.5 Å². The van der Waals surface area contributed by atoms with Gasteiger partial charge in [-0.3, -0.25) is 9.59 Å². The lowest BCUT2D eigenvalue weighted by atomic mass is 10.3. The standard InChI is InChI=1S/C8H15NO3/c1-2-3-6-12-8(11)4-5-9-7-10/h7H,2-6H2,1H3,(H,9,10). The second kappa shape index (κ2) is 8.04. The molecule has 4 heteroatoms. The number of carbonyl (C=O) groups excluding carboxylic acids is 2. The molecule has 0 aromatic carbocycles. The molecule has 0 aromatic rings. The predicted octanol–water partition coefficient (Wildman–Crippen LogP) is 0.466. The molecule has 0 saturated carbocycles. The van der Waals surface area contributed by atoms with Crippen LogP contribution < -0.4 is 5.32 Å². The first-order valence-electron chi connectivity index (χ1n) is 4.14. The second-order valence-electron chi connectivity index (χ2n) is 2.40. The Morgan fingerprint density at radius 3 is 2.92 bits per heavy atom. The lowest BCUT2D eigenvalue weighted by Gasteiger charge is -2.02. The fraction of sp³-hybridized carbons (Fsp3) is 0.750. The number of carbonyl (C=O) groups is 2. The zero-order valence-electron chi connectivity index (χ0n) is 7.34. The van der Waals surface area contributed by atoms with Gasteiger partial charge in [0.25, 0.3) is 0 Å². The molecule has 0 aliphatic carbocycles. The zero-order chi connectivity index (χ0) is 9.23. The molecule has 0 spiro atoms. The van der Waals surface area contributed by atoms with Crippen molar-refractivity contribution in [1.82, 2.24) is 5.32 Å². The van der Waals surface area contributed by atoms with E-state index < -0.39 is 0 Å². The number of rotatable bonds is 7. The maximum absolute atomic E-state index is 10.8. The molecule has 0 aliphatic heterocycles. The highest BCUT2D eigenvalue weighted by Crippen LogP contribution is 1.90. The monoisotopic (exact) mass is 173 g/mol. The van der Waals surface area contributed by atoms with Crippen LogP contribution in [0.5, 0.6) is 0 Å². The van der Waals surface area contributed by atoms with Crippen molar-refractivity contribution in [2.45, 2.75) is 26.2 Å². The lowest BCUT2D eigenvalue weighted by Crippen LogP contribution is -2.17. The maximum atomic E-state index is 10.8. The average molecular weight is 173 g/mol. The summed E-state index contributed by atoms with van der Waals surface area (Å²) in [5.41, 5.74) is 0. The van der Waals surface area contributed by atoms with E-state index >= 15 is 0 Å². The number of unbranched alkanes of at least 4 members (excludes halogenated alkanes) is 1. The summed E-state index contributed by atoms with van der Waals surface area (Å²) in [6.07, 6.45) is 2.73. The summed E-state index contributed by atoms with van der Waals surface area (Å²) in [5, 5.41) is 2.39. The van der Waals surface area contributed by atoms with E-state index in [1.54, 1.807) is 0 Å². The van der Waals surface area contributed by atoms with E-state index in [0.717, 1.165) is 12.8 Å². The largest absolute Gasteiger partial charge is 0.466 e. The van der Waals surface area contributed by atoms with Gasteiger partial charge in [-0.2, -0.15) is 0 Å². The van der Waals surface area contributed by atoms with Crippen LogP contribution in [0.4, 0.5) is 0 Å². The van der Waals surface area contributed by atoms with Gasteiger partial charge in [0.2, 0.25) is 6.41 Å². The van der Waals surface area contributed by atoms with E-state index in [4.69, 9.17) is 4.74 Å². The molecule has 0 saturated heterocycles. The fourth-order valence-corrected chi connectivity index (χ4v) is 0.636. The predicted molar refractivity (Wildman–Crippen MR) is 44.6 cm³/mol. The van der Waals surface area contributed by atoms with Crippen LogP contribution in [0.1, 0.15) is 26.2 Å². The summed E-state index contributed by atoms with van der Waals surface area (Å²) in [6, 6.07) is 0. The van der Waals surface area contributed by atoms with Crippen molar-refractivity contribution in [3.05, 3.63) is 0 Å². The van der Waals surface area contributed by atoms with Crippen molar-refractivity contribution in [1.29, 1.82) is 0 Å². The van der Waals surface area contributed by atoms with Gasteiger partial charge in [-0.25, -0.2) is 0 Å². The van der Waals surface area contributed by atoms with Crippen LogP contribution in [0.15, 0.2) is 0 Å². The quantitative estimate of drug-likeness (QED) is 0.346. The summed E-state index contributed by atoms with van der Waals surface area (Å²) >= 11 is 0. The maximum Gasteiger partial charge on any atom is 0.307 e. The Labute approximate surface area is 72.3 Å². The first kappa shape index (κ1) is 10.9. The normalized spacial score (nSPS) is 9.08. The van der Waals surface area contributed by atoms with Crippen LogP contribution >= 0.6 is 0 Å². The molecule has 0 heterocycles. The van der Waals surface area contributed by atoms with E-state index in [9.17, 15) is 9.59 Å². The topological polar surface area (TPSA) is 55.4 Å². The fourth-order valence-electron chi connectivity index (χ4n) is 0.636. The Bertz CT molecular complexity index is 136. The van der Waals surface area contributed by atoms with E-state index in [1.807, 2.05) is 6.92 Å². The Morgan fingerprint density at radius 1 is 1.58 bits per heavy atom. The highest BCUT2D eigenvalue weighted by Gasteiger charge is 2.00. The summed E-state index contributed by atoms with van der Waals surface area (Å²) in [6.45, 7) is 2.87. The molecular formula is C8H15NO3. The molecule has 0 fully saturated rings. The molecule has 0 radical (unpaired) electrons. The van der Waals surface area contributed by atoms with Gasteiger partial charge in [-0.15, -0.1) is 0 Å². The number of esters is 1. The third kappa shape index (κ3) is 7.05. The minimum Gasteiger partial charge on any atom is -0.466 e. The number of amides is 1. The van der Waals surface area contributed by atoms with Crippen LogP contribution in [0.2, 0.25) is 0 Å². The van der Waals surface area contributed by atoms with E-state index in [2.05, 4.69) is 5.32 Å². The van der Waals surface area contributed by atoms with E-state index in [-0.39, 0.29) is 12.4 Å². The van der Waals surface area contributed by atoms with E-state index in [1.165, 1.54) is 0 Å². The van der Waals surface area contributed by atoms with Crippen molar-refractivity contribution in [2.75, 3.05) is 13.2 Å². The third-order valence-electron chi connectivity index (χ3n) is 1.32. The number of hydrogen-bond donors (Lipinski definition) is 1. The minimum atomic E-state index is -0.252. The molecule has 0 unspecified atom stereocenters. The van der Waals surface area contributed by atoms with Crippen LogP contribution in [-0.2, 0) is 14.3 Å². The molecular weight excluding hydrogens is 158 g/mol. The molecule has 0 aliphatic rings. The molecule has 1 amide bonds. The number of hydrogen-bond acceptors (Lipinski definition) is 3.